The highest BCUT2D eigenvalue weighted by atomic mass is 15.3. The molecule has 17 heavy (non-hydrogen) atoms. The van der Waals surface area contributed by atoms with E-state index in [4.69, 9.17) is 5.73 Å². The molecule has 1 aromatic heterocycles. The summed E-state index contributed by atoms with van der Waals surface area (Å²) in [4.78, 5) is 0. The zero-order valence-electron chi connectivity index (χ0n) is 9.59. The van der Waals surface area contributed by atoms with Gasteiger partial charge in [-0.2, -0.15) is 0 Å². The molecule has 0 atom stereocenters. The van der Waals surface area contributed by atoms with Crippen LogP contribution in [0, 0.1) is 6.92 Å². The van der Waals surface area contributed by atoms with E-state index in [1.807, 2.05) is 35.0 Å². The first-order valence-corrected chi connectivity index (χ1v) is 5.56. The summed E-state index contributed by atoms with van der Waals surface area (Å²) in [7, 11) is 0. The number of anilines is 1. The van der Waals surface area contributed by atoms with E-state index in [1.54, 1.807) is 0 Å². The summed E-state index contributed by atoms with van der Waals surface area (Å²) in [5, 5.41) is 5.40. The van der Waals surface area contributed by atoms with Crippen molar-refractivity contribution in [3.63, 3.8) is 0 Å². The highest BCUT2D eigenvalue weighted by Gasteiger charge is 2.08. The molecule has 84 valence electrons. The molecule has 0 aliphatic carbocycles. The summed E-state index contributed by atoms with van der Waals surface area (Å²) >= 11 is 0. The van der Waals surface area contributed by atoms with Crippen molar-refractivity contribution in [1.29, 1.82) is 0 Å². The maximum atomic E-state index is 5.95. The lowest BCUT2D eigenvalue weighted by Gasteiger charge is -2.02. The van der Waals surface area contributed by atoms with Crippen LogP contribution in [-0.2, 0) is 0 Å². The third-order valence-electron chi connectivity index (χ3n) is 2.86. The number of aromatic nitrogens is 2. The van der Waals surface area contributed by atoms with E-state index >= 15 is 0 Å². The second-order valence-electron chi connectivity index (χ2n) is 4.15. The van der Waals surface area contributed by atoms with Crippen molar-refractivity contribution in [3.05, 3.63) is 54.1 Å². The molecule has 0 aliphatic rings. The van der Waals surface area contributed by atoms with Crippen LogP contribution in [0.2, 0.25) is 0 Å². The van der Waals surface area contributed by atoms with E-state index in [0.717, 1.165) is 16.6 Å². The number of nitrogen functional groups attached to an aromatic ring is 1. The van der Waals surface area contributed by atoms with Crippen molar-refractivity contribution in [3.8, 4) is 5.69 Å². The Morgan fingerprint density at radius 1 is 1.06 bits per heavy atom. The molecule has 0 unspecified atom stereocenters. The van der Waals surface area contributed by atoms with E-state index in [9.17, 15) is 0 Å². The molecule has 1 heterocycles. The summed E-state index contributed by atoms with van der Waals surface area (Å²) in [6, 6.07) is 16.2. The number of aryl methyl sites for hydroxylation is 1. The standard InChI is InChI=1S/C14H13N3/c1-10-7-8-13-12(9-10)14(15)16-17(13)11-5-3-2-4-6-11/h2-9H,1H3,(H2,15,16). The zero-order valence-corrected chi connectivity index (χ0v) is 9.59. The van der Waals surface area contributed by atoms with Gasteiger partial charge in [0.25, 0.3) is 0 Å². The molecule has 0 bridgehead atoms. The molecule has 0 fully saturated rings. The normalized spacial score (nSPS) is 10.9. The number of nitrogens with zero attached hydrogens (tertiary/aromatic N) is 2. The molecule has 2 aromatic carbocycles. The molecule has 0 saturated carbocycles. The summed E-state index contributed by atoms with van der Waals surface area (Å²) < 4.78 is 1.88. The van der Waals surface area contributed by atoms with Gasteiger partial charge in [0.2, 0.25) is 0 Å². The van der Waals surface area contributed by atoms with Crippen LogP contribution in [0.4, 0.5) is 5.82 Å². The van der Waals surface area contributed by atoms with E-state index in [1.165, 1.54) is 5.56 Å². The lowest BCUT2D eigenvalue weighted by Crippen LogP contribution is -1.96. The van der Waals surface area contributed by atoms with Crippen LogP contribution >= 0.6 is 0 Å². The summed E-state index contributed by atoms with van der Waals surface area (Å²) in [6.45, 7) is 2.05. The van der Waals surface area contributed by atoms with E-state index in [-0.39, 0.29) is 0 Å². The average molecular weight is 223 g/mol. The monoisotopic (exact) mass is 223 g/mol. The Hall–Kier alpha value is -2.29. The second kappa shape index (κ2) is 3.63. The number of para-hydroxylation sites is 1. The van der Waals surface area contributed by atoms with Gasteiger partial charge in [-0.05, 0) is 31.2 Å². The van der Waals surface area contributed by atoms with Crippen LogP contribution in [0.1, 0.15) is 5.56 Å². The largest absolute Gasteiger partial charge is 0.382 e. The number of fused-ring (bicyclic) bond motifs is 1. The minimum absolute atomic E-state index is 0.576. The van der Waals surface area contributed by atoms with Crippen LogP contribution in [-0.4, -0.2) is 9.78 Å². The topological polar surface area (TPSA) is 43.8 Å². The highest BCUT2D eigenvalue weighted by molar-refractivity contribution is 5.90. The fourth-order valence-corrected chi connectivity index (χ4v) is 2.02. The van der Waals surface area contributed by atoms with Crippen LogP contribution in [0.15, 0.2) is 48.5 Å². The molecular weight excluding hydrogens is 210 g/mol. The smallest absolute Gasteiger partial charge is 0.153 e. The fourth-order valence-electron chi connectivity index (χ4n) is 2.02. The third-order valence-corrected chi connectivity index (χ3v) is 2.86. The predicted octanol–water partition coefficient (Wildman–Crippen LogP) is 2.92. The molecule has 0 radical (unpaired) electrons. The molecule has 3 nitrogen and oxygen atoms in total. The molecule has 3 aromatic rings. The fraction of sp³-hybridized carbons (Fsp3) is 0.0714. The molecule has 3 heteroatoms. The molecule has 0 spiro atoms. The first kappa shape index (κ1) is 9.90. The van der Waals surface area contributed by atoms with Crippen molar-refractivity contribution in [2.75, 3.05) is 5.73 Å². The highest BCUT2D eigenvalue weighted by Crippen LogP contribution is 2.24. The Kier molecular flexibility index (Phi) is 2.11. The number of nitrogens with two attached hydrogens (primary N) is 1. The first-order chi connectivity index (χ1) is 8.25. The van der Waals surface area contributed by atoms with Crippen molar-refractivity contribution < 1.29 is 0 Å². The Balaban J connectivity index is 2.32. The van der Waals surface area contributed by atoms with Gasteiger partial charge >= 0.3 is 0 Å². The number of hydrogen-bond acceptors (Lipinski definition) is 2. The number of hydrogen-bond donors (Lipinski definition) is 1. The van der Waals surface area contributed by atoms with E-state index < -0.39 is 0 Å². The Labute approximate surface area is 99.5 Å². The Bertz CT molecular complexity index is 669. The van der Waals surface area contributed by atoms with Crippen LogP contribution in [0.5, 0.6) is 0 Å². The molecule has 0 saturated heterocycles. The van der Waals surface area contributed by atoms with Gasteiger partial charge in [-0.3, -0.25) is 0 Å². The molecule has 3 rings (SSSR count). The van der Waals surface area contributed by atoms with Crippen LogP contribution < -0.4 is 5.73 Å². The van der Waals surface area contributed by atoms with Crippen LogP contribution in [0.3, 0.4) is 0 Å². The quantitative estimate of drug-likeness (QED) is 0.689. The van der Waals surface area contributed by atoms with Gasteiger partial charge in [0.15, 0.2) is 5.82 Å². The van der Waals surface area contributed by atoms with Gasteiger partial charge in [-0.1, -0.05) is 29.8 Å². The molecule has 2 N–H and O–H groups in total. The van der Waals surface area contributed by atoms with Gasteiger partial charge in [-0.25, -0.2) is 4.68 Å². The molecule has 0 aliphatic heterocycles. The van der Waals surface area contributed by atoms with Crippen molar-refractivity contribution >= 4 is 16.7 Å². The first-order valence-electron chi connectivity index (χ1n) is 5.56. The Morgan fingerprint density at radius 3 is 2.59 bits per heavy atom. The zero-order chi connectivity index (χ0) is 11.8. The summed E-state index contributed by atoms with van der Waals surface area (Å²) in [6.07, 6.45) is 0. The minimum atomic E-state index is 0.576. The van der Waals surface area contributed by atoms with Crippen LogP contribution in [0.25, 0.3) is 16.6 Å². The van der Waals surface area contributed by atoms with Crippen molar-refractivity contribution in [2.24, 2.45) is 0 Å². The minimum Gasteiger partial charge on any atom is -0.382 e. The van der Waals surface area contributed by atoms with Crippen molar-refractivity contribution in [1.82, 2.24) is 9.78 Å². The van der Waals surface area contributed by atoms with Gasteiger partial charge < -0.3 is 5.73 Å². The Morgan fingerprint density at radius 2 is 1.82 bits per heavy atom. The lowest BCUT2D eigenvalue weighted by atomic mass is 10.2. The molecular formula is C14H13N3. The maximum absolute atomic E-state index is 5.95. The third kappa shape index (κ3) is 1.56. The average Bonchev–Trinajstić information content (AvgIpc) is 2.68. The van der Waals surface area contributed by atoms with Crippen molar-refractivity contribution in [2.45, 2.75) is 6.92 Å². The second-order valence-corrected chi connectivity index (χ2v) is 4.15. The predicted molar refractivity (Wildman–Crippen MR) is 70.2 cm³/mol. The number of benzene rings is 2. The van der Waals surface area contributed by atoms with Gasteiger partial charge in [0.05, 0.1) is 11.2 Å². The summed E-state index contributed by atoms with van der Waals surface area (Å²) in [5.41, 5.74) is 9.21. The van der Waals surface area contributed by atoms with Gasteiger partial charge in [0, 0.05) is 5.39 Å². The van der Waals surface area contributed by atoms with Gasteiger partial charge in [0.1, 0.15) is 0 Å². The lowest BCUT2D eigenvalue weighted by molar-refractivity contribution is 0.917. The molecule has 0 amide bonds. The SMILES string of the molecule is Cc1ccc2c(c1)c(N)nn2-c1ccccc1. The van der Waals surface area contributed by atoms with E-state index in [2.05, 4.69) is 30.2 Å². The van der Waals surface area contributed by atoms with Gasteiger partial charge in [-0.15, -0.1) is 5.10 Å². The maximum Gasteiger partial charge on any atom is 0.153 e. The summed E-state index contributed by atoms with van der Waals surface area (Å²) in [5.74, 6) is 0.576. The van der Waals surface area contributed by atoms with E-state index in [0.29, 0.717) is 5.82 Å². The number of rotatable bonds is 1.